The molecular formula is C12H18N4O2. The quantitative estimate of drug-likeness (QED) is 0.825. The summed E-state index contributed by atoms with van der Waals surface area (Å²) in [6, 6.07) is 0.582. The first kappa shape index (κ1) is 11.6. The average Bonchev–Trinajstić information content (AvgIpc) is 2.95. The van der Waals surface area contributed by atoms with Crippen LogP contribution in [0.15, 0.2) is 4.52 Å². The zero-order valence-corrected chi connectivity index (χ0v) is 10.5. The molecule has 3 rings (SSSR count). The number of nitrogens with zero attached hydrogens (tertiary/aromatic N) is 2. The molecule has 2 aliphatic rings. The molecule has 1 aromatic heterocycles. The largest absolute Gasteiger partial charge is 0.328 e. The van der Waals surface area contributed by atoms with Gasteiger partial charge < -0.3 is 9.84 Å². The number of amides is 1. The maximum Gasteiger partial charge on any atom is 0.328 e. The van der Waals surface area contributed by atoms with E-state index in [2.05, 4.69) is 20.8 Å². The molecule has 1 aliphatic heterocycles. The minimum atomic E-state index is -0.120. The Labute approximate surface area is 106 Å². The molecule has 0 radical (unpaired) electrons. The molecule has 1 aromatic rings. The Morgan fingerprint density at radius 1 is 1.44 bits per heavy atom. The Kier molecular flexibility index (Phi) is 3.03. The van der Waals surface area contributed by atoms with Crippen molar-refractivity contribution in [3.05, 3.63) is 5.82 Å². The summed E-state index contributed by atoms with van der Waals surface area (Å²) in [5.41, 5.74) is 0. The molecule has 2 N–H and O–H groups in total. The van der Waals surface area contributed by atoms with E-state index in [1.54, 1.807) is 6.92 Å². The average molecular weight is 250 g/mol. The fourth-order valence-corrected chi connectivity index (χ4v) is 3.06. The maximum absolute atomic E-state index is 12.1. The molecule has 0 bridgehead atoms. The number of carbonyl (C=O) groups excluding carboxylic acids is 1. The van der Waals surface area contributed by atoms with Crippen molar-refractivity contribution < 1.29 is 9.32 Å². The van der Waals surface area contributed by atoms with Gasteiger partial charge >= 0.3 is 6.01 Å². The first-order chi connectivity index (χ1) is 8.72. The molecule has 3 unspecified atom stereocenters. The van der Waals surface area contributed by atoms with Crippen LogP contribution in [0.3, 0.4) is 0 Å². The van der Waals surface area contributed by atoms with E-state index >= 15 is 0 Å². The van der Waals surface area contributed by atoms with Crippen LogP contribution in [0.5, 0.6) is 0 Å². The molecule has 6 heteroatoms. The van der Waals surface area contributed by atoms with E-state index in [-0.39, 0.29) is 18.0 Å². The number of hydrogen-bond acceptors (Lipinski definition) is 5. The van der Waals surface area contributed by atoms with E-state index in [9.17, 15) is 4.79 Å². The number of anilines is 1. The fraction of sp³-hybridized carbons (Fsp3) is 0.750. The summed E-state index contributed by atoms with van der Waals surface area (Å²) < 4.78 is 4.89. The molecule has 1 saturated heterocycles. The van der Waals surface area contributed by atoms with Gasteiger partial charge in [-0.3, -0.25) is 10.1 Å². The molecule has 2 heterocycles. The smallest absolute Gasteiger partial charge is 0.315 e. The highest BCUT2D eigenvalue weighted by Gasteiger charge is 2.38. The zero-order chi connectivity index (χ0) is 12.5. The fourth-order valence-electron chi connectivity index (χ4n) is 3.06. The van der Waals surface area contributed by atoms with Crippen LogP contribution < -0.4 is 10.6 Å². The highest BCUT2D eigenvalue weighted by molar-refractivity contribution is 5.93. The van der Waals surface area contributed by atoms with Gasteiger partial charge in [-0.2, -0.15) is 4.98 Å². The lowest BCUT2D eigenvalue weighted by Gasteiger charge is -2.24. The molecule has 3 atom stereocenters. The third kappa shape index (κ3) is 2.25. The Morgan fingerprint density at radius 3 is 3.00 bits per heavy atom. The lowest BCUT2D eigenvalue weighted by molar-refractivity contribution is -0.118. The summed E-state index contributed by atoms with van der Waals surface area (Å²) in [6.07, 6.45) is 5.91. The summed E-state index contributed by atoms with van der Waals surface area (Å²) in [4.78, 5) is 16.0. The third-order valence-electron chi connectivity index (χ3n) is 3.94. The number of aromatic nitrogens is 2. The lowest BCUT2D eigenvalue weighted by atomic mass is 9.85. The number of carbonyl (C=O) groups is 1. The van der Waals surface area contributed by atoms with Crippen molar-refractivity contribution in [2.24, 2.45) is 5.92 Å². The number of rotatable bonds is 2. The van der Waals surface area contributed by atoms with Crippen molar-refractivity contribution >= 4 is 11.9 Å². The Hall–Kier alpha value is -1.43. The first-order valence-electron chi connectivity index (χ1n) is 6.59. The second-order valence-electron chi connectivity index (χ2n) is 5.24. The summed E-state index contributed by atoms with van der Waals surface area (Å²) in [5, 5.41) is 9.74. The minimum absolute atomic E-state index is 0.0620. The van der Waals surface area contributed by atoms with Gasteiger partial charge in [0, 0.05) is 6.04 Å². The molecule has 2 fully saturated rings. The molecule has 0 spiro atoms. The second kappa shape index (κ2) is 4.68. The molecule has 18 heavy (non-hydrogen) atoms. The number of fused-ring (bicyclic) bond motifs is 1. The van der Waals surface area contributed by atoms with Gasteiger partial charge in [0.2, 0.25) is 5.91 Å². The normalized spacial score (nSPS) is 31.1. The summed E-state index contributed by atoms with van der Waals surface area (Å²) in [6.45, 7) is 1.72. The third-order valence-corrected chi connectivity index (χ3v) is 3.94. The van der Waals surface area contributed by atoms with Crippen LogP contribution in [0, 0.1) is 12.8 Å². The number of hydrogen-bond donors (Lipinski definition) is 2. The van der Waals surface area contributed by atoms with Crippen LogP contribution in [-0.2, 0) is 4.79 Å². The van der Waals surface area contributed by atoms with Crippen LogP contribution in [0.25, 0.3) is 0 Å². The Balaban J connectivity index is 1.60. The lowest BCUT2D eigenvalue weighted by Crippen LogP contribution is -2.39. The molecule has 1 aliphatic carbocycles. The van der Waals surface area contributed by atoms with Crippen molar-refractivity contribution in [1.29, 1.82) is 0 Å². The van der Waals surface area contributed by atoms with Crippen molar-refractivity contribution in [3.63, 3.8) is 0 Å². The predicted octanol–water partition coefficient (Wildman–Crippen LogP) is 1.24. The van der Waals surface area contributed by atoms with Gasteiger partial charge in [-0.25, -0.2) is 0 Å². The topological polar surface area (TPSA) is 80.0 Å². The maximum atomic E-state index is 12.1. The van der Waals surface area contributed by atoms with Crippen LogP contribution in [0.2, 0.25) is 0 Å². The van der Waals surface area contributed by atoms with Gasteiger partial charge in [0.05, 0.1) is 6.04 Å². The van der Waals surface area contributed by atoms with Crippen molar-refractivity contribution in [2.45, 2.75) is 51.1 Å². The highest BCUT2D eigenvalue weighted by atomic mass is 16.5. The van der Waals surface area contributed by atoms with E-state index in [1.165, 1.54) is 25.7 Å². The van der Waals surface area contributed by atoms with Crippen LogP contribution in [0.1, 0.15) is 37.9 Å². The van der Waals surface area contributed by atoms with Gasteiger partial charge in [-0.05, 0) is 32.1 Å². The highest BCUT2D eigenvalue weighted by Crippen LogP contribution is 2.33. The molecule has 1 amide bonds. The van der Waals surface area contributed by atoms with Gasteiger partial charge in [0.1, 0.15) is 0 Å². The second-order valence-corrected chi connectivity index (χ2v) is 5.24. The summed E-state index contributed by atoms with van der Waals surface area (Å²) in [5.74, 6) is 1.12. The van der Waals surface area contributed by atoms with E-state index < -0.39 is 0 Å². The van der Waals surface area contributed by atoms with Crippen molar-refractivity contribution in [3.8, 4) is 0 Å². The van der Waals surface area contributed by atoms with Crippen LogP contribution in [0.4, 0.5) is 6.01 Å². The van der Waals surface area contributed by atoms with E-state index in [4.69, 9.17) is 4.52 Å². The first-order valence-corrected chi connectivity index (χ1v) is 6.59. The van der Waals surface area contributed by atoms with E-state index in [0.29, 0.717) is 17.8 Å². The predicted molar refractivity (Wildman–Crippen MR) is 65.0 cm³/mol. The number of nitrogens with one attached hydrogen (secondary N) is 2. The zero-order valence-electron chi connectivity index (χ0n) is 10.5. The molecular weight excluding hydrogens is 232 g/mol. The molecule has 6 nitrogen and oxygen atoms in total. The Bertz CT molecular complexity index is 431. The van der Waals surface area contributed by atoms with E-state index in [1.807, 2.05) is 0 Å². The van der Waals surface area contributed by atoms with Crippen molar-refractivity contribution in [1.82, 2.24) is 15.5 Å². The van der Waals surface area contributed by atoms with Crippen molar-refractivity contribution in [2.75, 3.05) is 5.32 Å². The van der Waals surface area contributed by atoms with E-state index in [0.717, 1.165) is 6.42 Å². The van der Waals surface area contributed by atoms with Crippen LogP contribution in [-0.4, -0.2) is 28.1 Å². The minimum Gasteiger partial charge on any atom is -0.315 e. The molecule has 98 valence electrons. The Morgan fingerprint density at radius 2 is 2.28 bits per heavy atom. The molecule has 1 saturated carbocycles. The number of aryl methyl sites for hydroxylation is 1. The summed E-state index contributed by atoms with van der Waals surface area (Å²) in [7, 11) is 0. The standard InChI is InChI=1S/C12H18N4O2/c1-7-13-12(18-16-7)15-11(17)10-6-8-4-2-3-5-9(8)14-10/h8-10,14H,2-6H2,1H3,(H,13,15,16,17). The van der Waals surface area contributed by atoms with Gasteiger partial charge in [-0.15, -0.1) is 0 Å². The SMILES string of the molecule is Cc1noc(NC(=O)C2CC3CCCCC3N2)n1. The summed E-state index contributed by atoms with van der Waals surface area (Å²) >= 11 is 0. The van der Waals surface area contributed by atoms with Gasteiger partial charge in [0.15, 0.2) is 5.82 Å². The molecule has 0 aromatic carbocycles. The van der Waals surface area contributed by atoms with Gasteiger partial charge in [0.25, 0.3) is 0 Å². The monoisotopic (exact) mass is 250 g/mol. The van der Waals surface area contributed by atoms with Crippen LogP contribution >= 0.6 is 0 Å². The van der Waals surface area contributed by atoms with Gasteiger partial charge in [-0.1, -0.05) is 18.0 Å².